The number of rotatable bonds is 8. The maximum absolute atomic E-state index is 4.29. The normalized spacial score (nSPS) is 19.7. The molecule has 1 aliphatic heterocycles. The van der Waals surface area contributed by atoms with Gasteiger partial charge in [-0.05, 0) is 62.6 Å². The van der Waals surface area contributed by atoms with Gasteiger partial charge in [-0.1, -0.05) is 13.0 Å². The molecule has 23 heavy (non-hydrogen) atoms. The fraction of sp³-hybridized carbons (Fsp3) is 0.722. The highest BCUT2D eigenvalue weighted by molar-refractivity contribution is 7.09. The number of nitrogens with one attached hydrogen (secondary N) is 2. The van der Waals surface area contributed by atoms with Gasteiger partial charge in [-0.15, -0.1) is 11.3 Å². The minimum absolute atomic E-state index is 0.883. The highest BCUT2D eigenvalue weighted by Crippen LogP contribution is 2.15. The van der Waals surface area contributed by atoms with E-state index in [0.29, 0.717) is 0 Å². The van der Waals surface area contributed by atoms with Gasteiger partial charge in [0, 0.05) is 31.6 Å². The topological polar surface area (TPSA) is 39.7 Å². The molecule has 1 aliphatic rings. The van der Waals surface area contributed by atoms with E-state index in [1.807, 2.05) is 18.4 Å². The van der Waals surface area contributed by atoms with Gasteiger partial charge in [0.1, 0.15) is 0 Å². The Morgan fingerprint density at radius 3 is 2.96 bits per heavy atom. The Balaban J connectivity index is 1.50. The summed E-state index contributed by atoms with van der Waals surface area (Å²) in [7, 11) is 1.84. The van der Waals surface area contributed by atoms with E-state index >= 15 is 0 Å². The molecule has 130 valence electrons. The molecule has 1 unspecified atom stereocenters. The molecule has 4 nitrogen and oxygen atoms in total. The minimum atomic E-state index is 0.883. The second kappa shape index (κ2) is 10.7. The van der Waals surface area contributed by atoms with Crippen LogP contribution >= 0.6 is 11.3 Å². The van der Waals surface area contributed by atoms with Crippen molar-refractivity contribution >= 4 is 17.3 Å². The maximum atomic E-state index is 4.29. The van der Waals surface area contributed by atoms with Crippen LogP contribution < -0.4 is 10.6 Å². The Bertz CT molecular complexity index is 444. The van der Waals surface area contributed by atoms with E-state index in [1.54, 1.807) is 0 Å². The quantitative estimate of drug-likeness (QED) is 0.435. The lowest BCUT2D eigenvalue weighted by atomic mass is 10.0. The van der Waals surface area contributed by atoms with Crippen LogP contribution in [0.2, 0.25) is 0 Å². The van der Waals surface area contributed by atoms with Crippen LogP contribution in [-0.2, 0) is 6.42 Å². The average Bonchev–Trinajstić information content (AvgIpc) is 3.06. The summed E-state index contributed by atoms with van der Waals surface area (Å²) in [5, 5.41) is 8.94. The van der Waals surface area contributed by atoms with E-state index in [1.165, 1.54) is 50.2 Å². The Labute approximate surface area is 145 Å². The summed E-state index contributed by atoms with van der Waals surface area (Å²) in [6.07, 6.45) is 6.32. The van der Waals surface area contributed by atoms with Gasteiger partial charge >= 0.3 is 0 Å². The summed E-state index contributed by atoms with van der Waals surface area (Å²) >= 11 is 1.82. The first-order chi connectivity index (χ1) is 11.3. The Morgan fingerprint density at radius 1 is 1.35 bits per heavy atom. The van der Waals surface area contributed by atoms with Crippen molar-refractivity contribution in [2.24, 2.45) is 10.9 Å². The smallest absolute Gasteiger partial charge is 0.190 e. The largest absolute Gasteiger partial charge is 0.356 e. The molecule has 1 fully saturated rings. The van der Waals surface area contributed by atoms with Crippen molar-refractivity contribution in [3.63, 3.8) is 0 Å². The van der Waals surface area contributed by atoms with E-state index in [-0.39, 0.29) is 0 Å². The second-order valence-corrected chi connectivity index (χ2v) is 7.54. The molecule has 0 aromatic carbocycles. The molecule has 0 aliphatic carbocycles. The summed E-state index contributed by atoms with van der Waals surface area (Å²) in [4.78, 5) is 8.34. The molecule has 0 bridgehead atoms. The van der Waals surface area contributed by atoms with Crippen LogP contribution in [0.15, 0.2) is 22.5 Å². The molecular formula is C18H32N4S. The SMILES string of the molecule is CN=C(NCCCCN1CCCC(C)C1)NCCc1cccs1. The predicted octanol–water partition coefficient (Wildman–Crippen LogP) is 2.97. The lowest BCUT2D eigenvalue weighted by Crippen LogP contribution is -2.39. The number of piperidine rings is 1. The van der Waals surface area contributed by atoms with Crippen molar-refractivity contribution in [2.75, 3.05) is 39.8 Å². The van der Waals surface area contributed by atoms with Crippen LogP contribution in [0.4, 0.5) is 0 Å². The highest BCUT2D eigenvalue weighted by Gasteiger charge is 2.15. The van der Waals surface area contributed by atoms with Crippen LogP contribution in [0, 0.1) is 5.92 Å². The van der Waals surface area contributed by atoms with E-state index in [0.717, 1.165) is 31.4 Å². The lowest BCUT2D eigenvalue weighted by molar-refractivity contribution is 0.181. The van der Waals surface area contributed by atoms with Crippen LogP contribution in [0.3, 0.4) is 0 Å². The zero-order valence-corrected chi connectivity index (χ0v) is 15.5. The molecule has 2 N–H and O–H groups in total. The summed E-state index contributed by atoms with van der Waals surface area (Å²) in [5.74, 6) is 1.81. The number of unbranched alkanes of at least 4 members (excludes halogenated alkanes) is 1. The molecule has 0 saturated carbocycles. The van der Waals surface area contributed by atoms with Gasteiger partial charge in [0.05, 0.1) is 0 Å². The number of thiophene rings is 1. The number of likely N-dealkylation sites (tertiary alicyclic amines) is 1. The molecule has 5 heteroatoms. The first-order valence-corrected chi connectivity index (χ1v) is 9.85. The van der Waals surface area contributed by atoms with Crippen LogP contribution in [-0.4, -0.2) is 50.6 Å². The molecule has 0 amide bonds. The third-order valence-electron chi connectivity index (χ3n) is 4.40. The first-order valence-electron chi connectivity index (χ1n) is 8.97. The van der Waals surface area contributed by atoms with Crippen LogP contribution in [0.1, 0.15) is 37.5 Å². The van der Waals surface area contributed by atoms with Gasteiger partial charge in [0.25, 0.3) is 0 Å². The Hall–Kier alpha value is -1.07. The molecule has 0 radical (unpaired) electrons. The van der Waals surface area contributed by atoms with Crippen LogP contribution in [0.5, 0.6) is 0 Å². The van der Waals surface area contributed by atoms with Crippen molar-refractivity contribution in [3.8, 4) is 0 Å². The van der Waals surface area contributed by atoms with Crippen molar-refractivity contribution < 1.29 is 0 Å². The molecule has 1 aromatic rings. The third kappa shape index (κ3) is 7.36. The predicted molar refractivity (Wildman–Crippen MR) is 101 cm³/mol. The molecular weight excluding hydrogens is 304 g/mol. The van der Waals surface area contributed by atoms with Crippen molar-refractivity contribution in [3.05, 3.63) is 22.4 Å². The van der Waals surface area contributed by atoms with Crippen molar-refractivity contribution in [2.45, 2.75) is 39.0 Å². The fourth-order valence-electron chi connectivity index (χ4n) is 3.14. The fourth-order valence-corrected chi connectivity index (χ4v) is 3.85. The standard InChI is InChI=1S/C18H32N4S/c1-16-7-5-13-22(15-16)12-4-3-10-20-18(19-2)21-11-9-17-8-6-14-23-17/h6,8,14,16H,3-5,7,9-13,15H2,1-2H3,(H2,19,20,21). The van der Waals surface area contributed by atoms with E-state index < -0.39 is 0 Å². The van der Waals surface area contributed by atoms with Gasteiger partial charge in [0.15, 0.2) is 5.96 Å². The zero-order chi connectivity index (χ0) is 16.3. The maximum Gasteiger partial charge on any atom is 0.190 e. The van der Waals surface area contributed by atoms with Gasteiger partial charge in [-0.2, -0.15) is 0 Å². The highest BCUT2D eigenvalue weighted by atomic mass is 32.1. The van der Waals surface area contributed by atoms with Gasteiger partial charge in [-0.25, -0.2) is 0 Å². The van der Waals surface area contributed by atoms with E-state index in [2.05, 4.69) is 45.0 Å². The minimum Gasteiger partial charge on any atom is -0.356 e. The Morgan fingerprint density at radius 2 is 2.22 bits per heavy atom. The molecule has 1 atom stereocenters. The summed E-state index contributed by atoms with van der Waals surface area (Å²) in [6.45, 7) is 8.15. The number of hydrogen-bond donors (Lipinski definition) is 2. The molecule has 1 saturated heterocycles. The molecule has 1 aromatic heterocycles. The van der Waals surface area contributed by atoms with Crippen molar-refractivity contribution in [1.82, 2.24) is 15.5 Å². The second-order valence-electron chi connectivity index (χ2n) is 6.51. The number of aliphatic imine (C=N–C) groups is 1. The summed E-state index contributed by atoms with van der Waals surface area (Å²) in [5.41, 5.74) is 0. The summed E-state index contributed by atoms with van der Waals surface area (Å²) < 4.78 is 0. The summed E-state index contributed by atoms with van der Waals surface area (Å²) in [6, 6.07) is 4.29. The van der Waals surface area contributed by atoms with Crippen molar-refractivity contribution in [1.29, 1.82) is 0 Å². The van der Waals surface area contributed by atoms with Gasteiger partial charge < -0.3 is 15.5 Å². The monoisotopic (exact) mass is 336 g/mol. The van der Waals surface area contributed by atoms with Gasteiger partial charge in [0.2, 0.25) is 0 Å². The molecule has 0 spiro atoms. The number of hydrogen-bond acceptors (Lipinski definition) is 3. The molecule has 2 rings (SSSR count). The van der Waals surface area contributed by atoms with E-state index in [4.69, 9.17) is 0 Å². The number of guanidine groups is 1. The van der Waals surface area contributed by atoms with E-state index in [9.17, 15) is 0 Å². The lowest BCUT2D eigenvalue weighted by Gasteiger charge is -2.30. The van der Waals surface area contributed by atoms with Crippen LogP contribution in [0.25, 0.3) is 0 Å². The Kier molecular flexibility index (Phi) is 8.47. The zero-order valence-electron chi connectivity index (χ0n) is 14.7. The first kappa shape index (κ1) is 18.3. The third-order valence-corrected chi connectivity index (χ3v) is 5.34. The molecule has 2 heterocycles. The average molecular weight is 337 g/mol. The van der Waals surface area contributed by atoms with Gasteiger partial charge in [-0.3, -0.25) is 4.99 Å². The number of nitrogens with zero attached hydrogens (tertiary/aromatic N) is 2.